The van der Waals surface area contributed by atoms with Gasteiger partial charge in [0.25, 0.3) is 0 Å². The van der Waals surface area contributed by atoms with Crippen LogP contribution in [-0.2, 0) is 20.7 Å². The molecule has 1 aliphatic rings. The van der Waals surface area contributed by atoms with Crippen LogP contribution < -0.4 is 4.74 Å². The zero-order valence-electron chi connectivity index (χ0n) is 19.6. The third kappa shape index (κ3) is 9.47. The van der Waals surface area contributed by atoms with E-state index in [1.165, 1.54) is 25.7 Å². The molecular formula is C25H39NO6. The third-order valence-electron chi connectivity index (χ3n) is 5.88. The van der Waals surface area contributed by atoms with Crippen molar-refractivity contribution in [3.63, 3.8) is 0 Å². The molecule has 1 fully saturated rings. The summed E-state index contributed by atoms with van der Waals surface area (Å²) in [5.41, 5.74) is 0.871. The van der Waals surface area contributed by atoms with Gasteiger partial charge in [-0.25, -0.2) is 9.59 Å². The smallest absolute Gasteiger partial charge is 0.409 e. The number of amides is 1. The van der Waals surface area contributed by atoms with Gasteiger partial charge in [0.1, 0.15) is 12.4 Å². The van der Waals surface area contributed by atoms with E-state index in [1.54, 1.807) is 11.8 Å². The van der Waals surface area contributed by atoms with Crippen LogP contribution in [0.2, 0.25) is 0 Å². The molecule has 0 aliphatic heterocycles. The number of aliphatic carboxylic acids is 1. The minimum Gasteiger partial charge on any atom is -0.492 e. The van der Waals surface area contributed by atoms with Gasteiger partial charge in [-0.3, -0.25) is 0 Å². The number of carboxylic acids is 1. The van der Waals surface area contributed by atoms with E-state index in [2.05, 4.69) is 6.92 Å². The summed E-state index contributed by atoms with van der Waals surface area (Å²) < 4.78 is 16.5. The third-order valence-corrected chi connectivity index (χ3v) is 5.88. The number of benzene rings is 1. The van der Waals surface area contributed by atoms with Gasteiger partial charge in [-0.1, -0.05) is 51.2 Å². The Morgan fingerprint density at radius 3 is 2.44 bits per heavy atom. The van der Waals surface area contributed by atoms with Gasteiger partial charge < -0.3 is 24.2 Å². The van der Waals surface area contributed by atoms with Gasteiger partial charge in [-0.15, -0.1) is 0 Å². The average Bonchev–Trinajstić information content (AvgIpc) is 3.30. The summed E-state index contributed by atoms with van der Waals surface area (Å²) in [6, 6.07) is 7.34. The molecule has 1 atom stereocenters. The van der Waals surface area contributed by atoms with Crippen LogP contribution in [0.5, 0.6) is 5.75 Å². The topological polar surface area (TPSA) is 85.3 Å². The number of hydrogen-bond donors (Lipinski definition) is 1. The first-order valence-corrected chi connectivity index (χ1v) is 12.0. The van der Waals surface area contributed by atoms with E-state index in [9.17, 15) is 14.7 Å². The van der Waals surface area contributed by atoms with E-state index >= 15 is 0 Å². The average molecular weight is 450 g/mol. The molecule has 0 spiro atoms. The molecule has 0 saturated heterocycles. The summed E-state index contributed by atoms with van der Waals surface area (Å²) in [4.78, 5) is 25.5. The van der Waals surface area contributed by atoms with Gasteiger partial charge in [0.05, 0.1) is 13.2 Å². The largest absolute Gasteiger partial charge is 0.492 e. The molecule has 1 saturated carbocycles. The molecule has 0 heterocycles. The second-order valence-corrected chi connectivity index (χ2v) is 8.37. The molecule has 0 radical (unpaired) electrons. The summed E-state index contributed by atoms with van der Waals surface area (Å²) >= 11 is 0. The minimum absolute atomic E-state index is 0.258. The fraction of sp³-hybridized carbons (Fsp3) is 0.680. The van der Waals surface area contributed by atoms with Crippen LogP contribution in [0.15, 0.2) is 24.3 Å². The molecule has 7 heteroatoms. The van der Waals surface area contributed by atoms with Gasteiger partial charge in [0.15, 0.2) is 6.10 Å². The van der Waals surface area contributed by atoms with E-state index in [1.807, 2.05) is 24.3 Å². The highest BCUT2D eigenvalue weighted by atomic mass is 16.6. The molecule has 0 bridgehead atoms. The molecule has 2 rings (SSSR count). The number of carbonyl (C=O) groups excluding carboxylic acids is 1. The normalized spacial score (nSPS) is 14.8. The van der Waals surface area contributed by atoms with Gasteiger partial charge in [0, 0.05) is 19.6 Å². The molecule has 1 amide bonds. The van der Waals surface area contributed by atoms with Crippen molar-refractivity contribution in [2.24, 2.45) is 5.92 Å². The molecule has 180 valence electrons. The van der Waals surface area contributed by atoms with Crippen LogP contribution >= 0.6 is 0 Å². The van der Waals surface area contributed by atoms with Crippen molar-refractivity contribution in [2.45, 2.75) is 71.3 Å². The number of unbranched alkanes of at least 4 members (excludes halogenated alkanes) is 1. The molecular weight excluding hydrogens is 410 g/mol. The Bertz CT molecular complexity index is 672. The van der Waals surface area contributed by atoms with Gasteiger partial charge in [-0.2, -0.15) is 0 Å². The number of carboxylic acid groups (broad SMARTS) is 1. The molecule has 1 N–H and O–H groups in total. The van der Waals surface area contributed by atoms with Crippen molar-refractivity contribution in [1.29, 1.82) is 0 Å². The molecule has 0 aromatic heterocycles. The first kappa shape index (κ1) is 26.0. The number of nitrogens with zero attached hydrogens (tertiary/aromatic N) is 1. The van der Waals surface area contributed by atoms with Crippen LogP contribution in [-0.4, -0.2) is 61.1 Å². The van der Waals surface area contributed by atoms with E-state index in [-0.39, 0.29) is 6.09 Å². The lowest BCUT2D eigenvalue weighted by Crippen LogP contribution is -2.36. The molecule has 1 unspecified atom stereocenters. The van der Waals surface area contributed by atoms with E-state index < -0.39 is 12.1 Å². The monoisotopic (exact) mass is 449 g/mol. The van der Waals surface area contributed by atoms with Crippen molar-refractivity contribution in [3.05, 3.63) is 29.8 Å². The lowest BCUT2D eigenvalue weighted by Gasteiger charge is -2.23. The zero-order chi connectivity index (χ0) is 23.2. The highest BCUT2D eigenvalue weighted by Gasteiger charge is 2.20. The maximum atomic E-state index is 12.5. The first-order valence-electron chi connectivity index (χ1n) is 12.0. The standard InChI is InChI=1S/C25H39NO6/c1-3-5-17-32-25(29)26(15-14-20-8-6-7-9-20)16-18-31-22-12-10-21(11-13-22)19-23(24(27)28)30-4-2/h10-13,20,23H,3-9,14-19H2,1-2H3,(H,27,28). The summed E-state index contributed by atoms with van der Waals surface area (Å²) in [5, 5.41) is 9.22. The van der Waals surface area contributed by atoms with Crippen LogP contribution in [0, 0.1) is 5.92 Å². The first-order chi connectivity index (χ1) is 15.5. The SMILES string of the molecule is CCCCOC(=O)N(CCOc1ccc(CC(OCC)C(=O)O)cc1)CCC1CCCC1. The van der Waals surface area contributed by atoms with Crippen LogP contribution in [0.4, 0.5) is 4.79 Å². The Kier molecular flexibility index (Phi) is 11.9. The number of hydrogen-bond acceptors (Lipinski definition) is 5. The number of ether oxygens (including phenoxy) is 3. The minimum atomic E-state index is -0.962. The molecule has 1 aliphatic carbocycles. The fourth-order valence-corrected chi connectivity index (χ4v) is 3.96. The van der Waals surface area contributed by atoms with Crippen molar-refractivity contribution >= 4 is 12.1 Å². The summed E-state index contributed by atoms with van der Waals surface area (Å²) in [6.45, 7) is 6.22. The number of rotatable bonds is 15. The molecule has 7 nitrogen and oxygen atoms in total. The summed E-state index contributed by atoms with van der Waals surface area (Å²) in [6.07, 6.45) is 7.18. The van der Waals surface area contributed by atoms with E-state index in [0.717, 1.165) is 24.8 Å². The lowest BCUT2D eigenvalue weighted by atomic mass is 10.0. The Balaban J connectivity index is 1.82. The summed E-state index contributed by atoms with van der Waals surface area (Å²) in [7, 11) is 0. The van der Waals surface area contributed by atoms with Gasteiger partial charge in [0.2, 0.25) is 0 Å². The van der Waals surface area contributed by atoms with E-state index in [4.69, 9.17) is 14.2 Å². The Morgan fingerprint density at radius 1 is 1.09 bits per heavy atom. The van der Waals surface area contributed by atoms with Crippen molar-refractivity contribution in [3.8, 4) is 5.75 Å². The van der Waals surface area contributed by atoms with Crippen molar-refractivity contribution in [1.82, 2.24) is 4.90 Å². The predicted octanol–water partition coefficient (Wildman–Crippen LogP) is 4.92. The summed E-state index contributed by atoms with van der Waals surface area (Å²) in [5.74, 6) is 0.434. The maximum Gasteiger partial charge on any atom is 0.409 e. The molecule has 1 aromatic rings. The van der Waals surface area contributed by atoms with E-state index in [0.29, 0.717) is 51.0 Å². The Morgan fingerprint density at radius 2 is 1.81 bits per heavy atom. The van der Waals surface area contributed by atoms with Crippen LogP contribution in [0.1, 0.15) is 64.4 Å². The van der Waals surface area contributed by atoms with Gasteiger partial charge >= 0.3 is 12.1 Å². The van der Waals surface area contributed by atoms with Crippen molar-refractivity contribution < 1.29 is 28.9 Å². The van der Waals surface area contributed by atoms with Crippen LogP contribution in [0.3, 0.4) is 0 Å². The maximum absolute atomic E-state index is 12.5. The number of carbonyl (C=O) groups is 2. The highest BCUT2D eigenvalue weighted by Crippen LogP contribution is 2.27. The second kappa shape index (κ2) is 14.7. The molecule has 32 heavy (non-hydrogen) atoms. The predicted molar refractivity (Wildman–Crippen MR) is 123 cm³/mol. The highest BCUT2D eigenvalue weighted by molar-refractivity contribution is 5.72. The van der Waals surface area contributed by atoms with Gasteiger partial charge in [-0.05, 0) is 43.4 Å². The second-order valence-electron chi connectivity index (χ2n) is 8.37. The fourth-order valence-electron chi connectivity index (χ4n) is 3.96. The Hall–Kier alpha value is -2.28. The van der Waals surface area contributed by atoms with Crippen LogP contribution in [0.25, 0.3) is 0 Å². The zero-order valence-corrected chi connectivity index (χ0v) is 19.6. The Labute approximate surface area is 192 Å². The molecule has 1 aromatic carbocycles. The van der Waals surface area contributed by atoms with Crippen molar-refractivity contribution in [2.75, 3.05) is 32.9 Å². The quantitative estimate of drug-likeness (QED) is 0.383. The lowest BCUT2D eigenvalue weighted by molar-refractivity contribution is -0.149.